The molecule has 0 N–H and O–H groups in total. The molecule has 0 bridgehead atoms. The highest BCUT2D eigenvalue weighted by atomic mass is 16.6. The molecule has 3 aromatic carbocycles. The number of nitrogens with zero attached hydrogens (tertiary/aromatic N) is 4. The van der Waals surface area contributed by atoms with Gasteiger partial charge in [0.25, 0.3) is 0 Å². The number of para-hydroxylation sites is 3. The molecule has 4 rings (SSSR count). The fourth-order valence-corrected chi connectivity index (χ4v) is 3.70. The molecule has 3 aromatic rings. The second-order valence-corrected chi connectivity index (χ2v) is 7.31. The molecule has 33 heavy (non-hydrogen) atoms. The number of fused-ring (bicyclic) bond motifs is 1. The monoisotopic (exact) mass is 438 g/mol. The largest absolute Gasteiger partial charge is 0.422 e. The third-order valence-electron chi connectivity index (χ3n) is 5.28. The fourth-order valence-electron chi connectivity index (χ4n) is 3.70. The zero-order valence-electron chi connectivity index (χ0n) is 17.6. The van der Waals surface area contributed by atoms with Gasteiger partial charge in [0.15, 0.2) is 5.54 Å². The zero-order chi connectivity index (χ0) is 23.4. The molecule has 0 fully saturated rings. The molecule has 0 radical (unpaired) electrons. The van der Waals surface area contributed by atoms with Crippen LogP contribution in [-0.4, -0.2) is 23.3 Å². The number of amides is 2. The van der Waals surface area contributed by atoms with Gasteiger partial charge in [-0.2, -0.15) is 10.5 Å². The Hall–Kier alpha value is -4.82. The van der Waals surface area contributed by atoms with Crippen molar-refractivity contribution >= 4 is 17.9 Å². The van der Waals surface area contributed by atoms with Crippen LogP contribution in [0.1, 0.15) is 12.5 Å². The van der Waals surface area contributed by atoms with Gasteiger partial charge in [0.2, 0.25) is 6.17 Å². The second-order valence-electron chi connectivity index (χ2n) is 7.31. The molecule has 0 spiro atoms. The van der Waals surface area contributed by atoms with E-state index in [0.717, 1.165) is 9.80 Å². The highest BCUT2D eigenvalue weighted by Gasteiger charge is 2.53. The van der Waals surface area contributed by atoms with Crippen LogP contribution in [0.4, 0.5) is 15.3 Å². The molecular weight excluding hydrogens is 420 g/mol. The molecule has 8 heteroatoms. The predicted molar refractivity (Wildman–Crippen MR) is 118 cm³/mol. The Morgan fingerprint density at radius 2 is 1.33 bits per heavy atom. The average molecular weight is 438 g/mol. The van der Waals surface area contributed by atoms with Crippen LogP contribution in [0.2, 0.25) is 0 Å². The first-order chi connectivity index (χ1) is 16.0. The van der Waals surface area contributed by atoms with Crippen molar-refractivity contribution in [2.75, 3.05) is 4.90 Å². The van der Waals surface area contributed by atoms with Crippen LogP contribution >= 0.6 is 0 Å². The molecule has 0 aliphatic carbocycles. The number of carbonyl (C=O) groups is 2. The third kappa shape index (κ3) is 3.82. The number of hydrogen-bond acceptors (Lipinski definition) is 6. The smallest absolute Gasteiger partial charge is 0.410 e. The Labute approximate surface area is 190 Å². The van der Waals surface area contributed by atoms with Gasteiger partial charge in [-0.3, -0.25) is 4.90 Å². The van der Waals surface area contributed by atoms with E-state index in [2.05, 4.69) is 6.07 Å². The van der Waals surface area contributed by atoms with Crippen molar-refractivity contribution in [3.8, 4) is 23.6 Å². The van der Waals surface area contributed by atoms with E-state index in [1.54, 1.807) is 84.9 Å². The minimum Gasteiger partial charge on any atom is -0.410 e. The molecule has 1 aliphatic heterocycles. The highest BCUT2D eigenvalue weighted by molar-refractivity contribution is 5.94. The van der Waals surface area contributed by atoms with Gasteiger partial charge in [-0.1, -0.05) is 54.6 Å². The molecule has 0 saturated carbocycles. The summed E-state index contributed by atoms with van der Waals surface area (Å²) in [7, 11) is 0. The summed E-state index contributed by atoms with van der Waals surface area (Å²) in [6, 6.07) is 27.3. The van der Waals surface area contributed by atoms with E-state index in [1.807, 2.05) is 6.07 Å². The van der Waals surface area contributed by atoms with Crippen LogP contribution in [0.15, 0.2) is 84.9 Å². The van der Waals surface area contributed by atoms with E-state index >= 15 is 0 Å². The fraction of sp³-hybridized carbons (Fsp3) is 0.120. The van der Waals surface area contributed by atoms with Gasteiger partial charge in [-0.25, -0.2) is 14.5 Å². The van der Waals surface area contributed by atoms with Crippen molar-refractivity contribution in [3.63, 3.8) is 0 Å². The first kappa shape index (κ1) is 21.4. The molecule has 162 valence electrons. The van der Waals surface area contributed by atoms with Crippen molar-refractivity contribution in [2.45, 2.75) is 18.6 Å². The number of nitriles is 2. The van der Waals surface area contributed by atoms with E-state index in [4.69, 9.17) is 9.47 Å². The van der Waals surface area contributed by atoms with E-state index in [0.29, 0.717) is 5.56 Å². The molecule has 2 unspecified atom stereocenters. The third-order valence-corrected chi connectivity index (χ3v) is 5.28. The second kappa shape index (κ2) is 8.74. The minimum atomic E-state index is -1.59. The van der Waals surface area contributed by atoms with Gasteiger partial charge in [0.05, 0.1) is 11.8 Å². The predicted octanol–water partition coefficient (Wildman–Crippen LogP) is 4.80. The van der Waals surface area contributed by atoms with Crippen LogP contribution in [0.25, 0.3) is 0 Å². The van der Waals surface area contributed by atoms with E-state index in [1.165, 1.54) is 6.92 Å². The normalized spacial score (nSPS) is 18.9. The van der Waals surface area contributed by atoms with E-state index < -0.39 is 23.9 Å². The van der Waals surface area contributed by atoms with E-state index in [9.17, 15) is 20.1 Å². The van der Waals surface area contributed by atoms with Gasteiger partial charge in [-0.15, -0.1) is 0 Å². The summed E-state index contributed by atoms with van der Waals surface area (Å²) in [6.07, 6.45) is -3.33. The van der Waals surface area contributed by atoms with Gasteiger partial charge < -0.3 is 9.47 Å². The lowest BCUT2D eigenvalue weighted by molar-refractivity contribution is 0.0895. The number of rotatable bonds is 2. The van der Waals surface area contributed by atoms with Crippen molar-refractivity contribution in [2.24, 2.45) is 0 Å². The number of hydrogen-bond donors (Lipinski definition) is 0. The Morgan fingerprint density at radius 3 is 1.88 bits per heavy atom. The first-order valence-electron chi connectivity index (χ1n) is 10.0. The Bertz CT molecular complexity index is 1270. The molecule has 1 heterocycles. The van der Waals surface area contributed by atoms with Gasteiger partial charge in [0, 0.05) is 5.56 Å². The first-order valence-corrected chi connectivity index (χ1v) is 10.0. The van der Waals surface area contributed by atoms with Crippen molar-refractivity contribution in [1.29, 1.82) is 10.5 Å². The summed E-state index contributed by atoms with van der Waals surface area (Å²) >= 11 is 0. The Balaban J connectivity index is 1.81. The number of ether oxygens (including phenoxy) is 2. The van der Waals surface area contributed by atoms with Crippen LogP contribution in [0.3, 0.4) is 0 Å². The van der Waals surface area contributed by atoms with Crippen molar-refractivity contribution in [3.05, 3.63) is 90.5 Å². The SMILES string of the molecule is CC1(C#N)c2ccccc2N(C(=O)Oc2ccccc2)C(C#N)N1C(=O)Oc1ccccc1. The van der Waals surface area contributed by atoms with Gasteiger partial charge >= 0.3 is 12.2 Å². The average Bonchev–Trinajstić information content (AvgIpc) is 2.84. The lowest BCUT2D eigenvalue weighted by Crippen LogP contribution is -2.64. The van der Waals surface area contributed by atoms with Crippen LogP contribution in [0, 0.1) is 22.7 Å². The summed E-state index contributed by atoms with van der Waals surface area (Å²) in [6.45, 7) is 1.50. The van der Waals surface area contributed by atoms with Crippen LogP contribution in [-0.2, 0) is 5.54 Å². The number of anilines is 1. The summed E-state index contributed by atoms with van der Waals surface area (Å²) in [5, 5.41) is 20.2. The number of benzene rings is 3. The molecule has 0 saturated heterocycles. The molecule has 1 aliphatic rings. The quantitative estimate of drug-likeness (QED) is 0.569. The molecule has 0 aromatic heterocycles. The maximum absolute atomic E-state index is 13.3. The molecular formula is C25H18N4O4. The van der Waals surface area contributed by atoms with Crippen molar-refractivity contribution in [1.82, 2.24) is 4.90 Å². The molecule has 2 atom stereocenters. The highest BCUT2D eigenvalue weighted by Crippen LogP contribution is 2.43. The van der Waals surface area contributed by atoms with Gasteiger partial charge in [-0.05, 0) is 37.3 Å². The standard InChI is InChI=1S/C25H18N4O4/c1-25(17-27)20-14-8-9-15-21(20)28(23(30)32-18-10-4-2-5-11-18)22(16-26)29(25)24(31)33-19-12-6-3-7-13-19/h2-15,22H,1H3. The lowest BCUT2D eigenvalue weighted by atomic mass is 9.86. The van der Waals surface area contributed by atoms with E-state index in [-0.39, 0.29) is 17.2 Å². The van der Waals surface area contributed by atoms with Crippen molar-refractivity contribution < 1.29 is 19.1 Å². The molecule has 2 amide bonds. The maximum Gasteiger partial charge on any atom is 0.422 e. The summed E-state index contributed by atoms with van der Waals surface area (Å²) in [5.74, 6) is 0.500. The minimum absolute atomic E-state index is 0.233. The zero-order valence-corrected chi connectivity index (χ0v) is 17.6. The van der Waals surface area contributed by atoms with Gasteiger partial charge in [0.1, 0.15) is 17.6 Å². The molecule has 8 nitrogen and oxygen atoms in total. The Kier molecular flexibility index (Phi) is 5.67. The number of carbonyl (C=O) groups excluding carboxylic acids is 2. The summed E-state index contributed by atoms with van der Waals surface area (Å²) < 4.78 is 10.9. The van der Waals surface area contributed by atoms with Crippen LogP contribution < -0.4 is 14.4 Å². The lowest BCUT2D eigenvalue weighted by Gasteiger charge is -2.47. The topological polar surface area (TPSA) is 107 Å². The summed E-state index contributed by atoms with van der Waals surface area (Å²) in [5.41, 5.74) is -0.946. The maximum atomic E-state index is 13.3. The Morgan fingerprint density at radius 1 is 0.818 bits per heavy atom. The summed E-state index contributed by atoms with van der Waals surface area (Å²) in [4.78, 5) is 28.5. The van der Waals surface area contributed by atoms with Crippen LogP contribution in [0.5, 0.6) is 11.5 Å².